The Morgan fingerprint density at radius 3 is 2.85 bits per heavy atom. The second-order valence-corrected chi connectivity index (χ2v) is 8.57. The normalized spacial score (nSPS) is 29.6. The molecule has 2 aliphatic carbocycles. The zero-order valence-electron chi connectivity index (χ0n) is 15.9. The van der Waals surface area contributed by atoms with Crippen molar-refractivity contribution in [3.63, 3.8) is 0 Å². The molecule has 0 spiro atoms. The molecule has 3 heteroatoms. The number of benzene rings is 2. The molecule has 2 aromatic carbocycles. The molecule has 1 aliphatic heterocycles. The number of hydrogen-bond acceptors (Lipinski definition) is 3. The zero-order valence-corrected chi connectivity index (χ0v) is 15.9. The highest BCUT2D eigenvalue weighted by molar-refractivity contribution is 5.45. The van der Waals surface area contributed by atoms with Gasteiger partial charge in [-0.3, -0.25) is 4.90 Å². The van der Waals surface area contributed by atoms with E-state index in [2.05, 4.69) is 17.0 Å². The van der Waals surface area contributed by atoms with Gasteiger partial charge in [0.05, 0.1) is 0 Å². The van der Waals surface area contributed by atoms with Crippen molar-refractivity contribution in [1.82, 2.24) is 4.90 Å². The highest BCUT2D eigenvalue weighted by atomic mass is 16.5. The summed E-state index contributed by atoms with van der Waals surface area (Å²) in [7, 11) is 0. The van der Waals surface area contributed by atoms with Gasteiger partial charge in [0, 0.05) is 18.0 Å². The van der Waals surface area contributed by atoms with Gasteiger partial charge in [-0.05, 0) is 73.5 Å². The SMILES string of the molecule is Oc1ccc2c(c1)[C@@]13CCCC[C@H]1[C@H](C2)N(CCOc1ccccc1)CC3. The molecule has 3 nitrogen and oxygen atoms in total. The van der Waals surface area contributed by atoms with E-state index in [0.29, 0.717) is 17.2 Å². The standard InChI is InChI=1S/C24H29NO2/c26-19-10-9-18-16-23-21-8-4-5-11-24(21,22(18)17-19)12-13-25(23)14-15-27-20-6-2-1-3-7-20/h1-3,6-7,9-10,17,21,23,26H,4-5,8,11-16H2/t21-,23-,24+/m0/s1. The summed E-state index contributed by atoms with van der Waals surface area (Å²) in [5, 5.41) is 10.1. The first-order valence-electron chi connectivity index (χ1n) is 10.5. The monoisotopic (exact) mass is 363 g/mol. The molecule has 0 aromatic heterocycles. The fourth-order valence-corrected chi connectivity index (χ4v) is 6.15. The molecular formula is C24H29NO2. The van der Waals surface area contributed by atoms with E-state index in [0.717, 1.165) is 37.8 Å². The third-order valence-electron chi connectivity index (χ3n) is 7.33. The minimum Gasteiger partial charge on any atom is -0.508 e. The van der Waals surface area contributed by atoms with Crippen molar-refractivity contribution in [2.75, 3.05) is 19.7 Å². The van der Waals surface area contributed by atoms with Crippen LogP contribution in [0.25, 0.3) is 0 Å². The summed E-state index contributed by atoms with van der Waals surface area (Å²) in [6.45, 7) is 2.90. The van der Waals surface area contributed by atoms with E-state index in [1.54, 1.807) is 0 Å². The lowest BCUT2D eigenvalue weighted by molar-refractivity contribution is -0.0162. The Morgan fingerprint density at radius 1 is 1.07 bits per heavy atom. The van der Waals surface area contributed by atoms with Crippen molar-refractivity contribution >= 4 is 0 Å². The minimum atomic E-state index is 0.298. The van der Waals surface area contributed by atoms with Crippen molar-refractivity contribution in [2.45, 2.75) is 50.0 Å². The van der Waals surface area contributed by atoms with Gasteiger partial charge in [0.15, 0.2) is 0 Å². The summed E-state index contributed by atoms with van der Waals surface area (Å²) in [5.41, 5.74) is 3.22. The summed E-state index contributed by atoms with van der Waals surface area (Å²) in [4.78, 5) is 2.69. The van der Waals surface area contributed by atoms with Gasteiger partial charge in [-0.25, -0.2) is 0 Å². The van der Waals surface area contributed by atoms with Gasteiger partial charge >= 0.3 is 0 Å². The van der Waals surface area contributed by atoms with Crippen LogP contribution in [0.2, 0.25) is 0 Å². The molecule has 0 radical (unpaired) electrons. The summed E-state index contributed by atoms with van der Waals surface area (Å²) < 4.78 is 5.99. The van der Waals surface area contributed by atoms with Crippen LogP contribution in [0.5, 0.6) is 11.5 Å². The van der Waals surface area contributed by atoms with E-state index in [-0.39, 0.29) is 0 Å². The van der Waals surface area contributed by atoms with Crippen LogP contribution in [0.3, 0.4) is 0 Å². The lowest BCUT2D eigenvalue weighted by Gasteiger charge is -2.59. The van der Waals surface area contributed by atoms with Crippen LogP contribution in [0.15, 0.2) is 48.5 Å². The van der Waals surface area contributed by atoms with Gasteiger partial charge < -0.3 is 9.84 Å². The molecule has 27 heavy (non-hydrogen) atoms. The van der Waals surface area contributed by atoms with E-state index in [9.17, 15) is 5.11 Å². The molecule has 142 valence electrons. The number of hydrogen-bond donors (Lipinski definition) is 1. The lowest BCUT2D eigenvalue weighted by Crippen LogP contribution is -2.61. The van der Waals surface area contributed by atoms with E-state index in [4.69, 9.17) is 4.74 Å². The highest BCUT2D eigenvalue weighted by Gasteiger charge is 2.53. The third-order valence-corrected chi connectivity index (χ3v) is 7.33. The summed E-state index contributed by atoms with van der Waals surface area (Å²) in [6, 6.07) is 16.9. The molecule has 1 saturated heterocycles. The quantitative estimate of drug-likeness (QED) is 0.866. The van der Waals surface area contributed by atoms with Crippen LogP contribution >= 0.6 is 0 Å². The predicted octanol–water partition coefficient (Wildman–Crippen LogP) is 4.53. The van der Waals surface area contributed by atoms with E-state index in [1.165, 1.54) is 43.2 Å². The second-order valence-electron chi connectivity index (χ2n) is 8.57. The van der Waals surface area contributed by atoms with Crippen LogP contribution in [-0.2, 0) is 11.8 Å². The molecule has 2 bridgehead atoms. The first-order valence-corrected chi connectivity index (χ1v) is 10.5. The molecule has 1 heterocycles. The summed E-state index contributed by atoms with van der Waals surface area (Å²) >= 11 is 0. The maximum absolute atomic E-state index is 10.1. The fraction of sp³-hybridized carbons (Fsp3) is 0.500. The predicted molar refractivity (Wildman–Crippen MR) is 107 cm³/mol. The van der Waals surface area contributed by atoms with Crippen molar-refractivity contribution < 1.29 is 9.84 Å². The zero-order chi connectivity index (χ0) is 18.3. The average molecular weight is 364 g/mol. The Balaban J connectivity index is 1.37. The second kappa shape index (κ2) is 6.87. The number of nitrogens with zero attached hydrogens (tertiary/aromatic N) is 1. The number of phenols is 1. The van der Waals surface area contributed by atoms with Crippen LogP contribution in [0.1, 0.15) is 43.2 Å². The Kier molecular flexibility index (Phi) is 4.35. The van der Waals surface area contributed by atoms with Crippen LogP contribution in [-0.4, -0.2) is 35.7 Å². The Bertz CT molecular complexity index is 805. The minimum absolute atomic E-state index is 0.298. The van der Waals surface area contributed by atoms with Gasteiger partial charge in [-0.2, -0.15) is 0 Å². The molecule has 1 N–H and O–H groups in total. The number of likely N-dealkylation sites (tertiary alicyclic amines) is 1. The van der Waals surface area contributed by atoms with E-state index < -0.39 is 0 Å². The smallest absolute Gasteiger partial charge is 0.119 e. The lowest BCUT2D eigenvalue weighted by atomic mass is 9.52. The van der Waals surface area contributed by atoms with Gasteiger partial charge in [0.1, 0.15) is 18.1 Å². The largest absolute Gasteiger partial charge is 0.508 e. The van der Waals surface area contributed by atoms with Crippen LogP contribution < -0.4 is 4.74 Å². The van der Waals surface area contributed by atoms with Gasteiger partial charge in [0.2, 0.25) is 0 Å². The van der Waals surface area contributed by atoms with E-state index >= 15 is 0 Å². The molecule has 5 rings (SSSR count). The first-order chi connectivity index (χ1) is 13.3. The van der Waals surface area contributed by atoms with Crippen molar-refractivity contribution in [3.8, 4) is 11.5 Å². The number of piperidine rings is 1. The number of fused-ring (bicyclic) bond motifs is 1. The Hall–Kier alpha value is -2.00. The molecule has 0 unspecified atom stereocenters. The number of rotatable bonds is 4. The third kappa shape index (κ3) is 2.93. The van der Waals surface area contributed by atoms with Crippen molar-refractivity contribution in [1.29, 1.82) is 0 Å². The van der Waals surface area contributed by atoms with Gasteiger partial charge in [0.25, 0.3) is 0 Å². The molecule has 3 aliphatic rings. The molecule has 3 atom stereocenters. The summed E-state index contributed by atoms with van der Waals surface area (Å²) in [6.07, 6.45) is 7.64. The fourth-order valence-electron chi connectivity index (χ4n) is 6.15. The number of phenolic OH excluding ortho intramolecular Hbond substituents is 1. The van der Waals surface area contributed by atoms with Gasteiger partial charge in [-0.15, -0.1) is 0 Å². The Morgan fingerprint density at radius 2 is 1.96 bits per heavy atom. The van der Waals surface area contributed by atoms with E-state index in [1.807, 2.05) is 36.4 Å². The summed E-state index contributed by atoms with van der Waals surface area (Å²) in [5.74, 6) is 2.13. The topological polar surface area (TPSA) is 32.7 Å². The maximum atomic E-state index is 10.1. The van der Waals surface area contributed by atoms with Crippen LogP contribution in [0.4, 0.5) is 0 Å². The first kappa shape index (κ1) is 17.1. The maximum Gasteiger partial charge on any atom is 0.119 e. The van der Waals surface area contributed by atoms with Crippen molar-refractivity contribution in [2.24, 2.45) is 5.92 Å². The average Bonchev–Trinajstić information content (AvgIpc) is 2.71. The molecule has 2 fully saturated rings. The molecule has 1 saturated carbocycles. The van der Waals surface area contributed by atoms with Crippen molar-refractivity contribution in [3.05, 3.63) is 59.7 Å². The van der Waals surface area contributed by atoms with Gasteiger partial charge in [-0.1, -0.05) is 37.1 Å². The number of aromatic hydroxyl groups is 1. The Labute approximate surface area is 162 Å². The number of para-hydroxylation sites is 1. The highest BCUT2D eigenvalue weighted by Crippen LogP contribution is 2.56. The number of ether oxygens (including phenoxy) is 1. The molecule has 0 amide bonds. The molecule has 2 aromatic rings. The van der Waals surface area contributed by atoms with Crippen LogP contribution in [0, 0.1) is 5.92 Å². The molecular weight excluding hydrogens is 334 g/mol.